The highest BCUT2D eigenvalue weighted by Crippen LogP contribution is 2.29. The fraction of sp³-hybridized carbons (Fsp3) is 0.250. The Hall–Kier alpha value is -2.02. The molecular weight excluding hydrogens is 261 g/mol. The van der Waals surface area contributed by atoms with Gasteiger partial charge in [0.05, 0.1) is 12.2 Å². The SMILES string of the molecule is C=CCNCC(=O)Nc1ccccc1OC(F)(F)F. The molecule has 0 bridgehead atoms. The molecule has 1 aromatic rings. The monoisotopic (exact) mass is 274 g/mol. The van der Waals surface area contributed by atoms with E-state index in [1.807, 2.05) is 0 Å². The van der Waals surface area contributed by atoms with E-state index in [1.54, 1.807) is 6.08 Å². The minimum absolute atomic E-state index is 0.0353. The molecule has 0 saturated heterocycles. The van der Waals surface area contributed by atoms with E-state index in [1.165, 1.54) is 18.2 Å². The van der Waals surface area contributed by atoms with Crippen LogP contribution in [-0.4, -0.2) is 25.4 Å². The second-order valence-electron chi connectivity index (χ2n) is 3.51. The van der Waals surface area contributed by atoms with Gasteiger partial charge in [0.25, 0.3) is 0 Å². The van der Waals surface area contributed by atoms with Gasteiger partial charge in [-0.15, -0.1) is 19.8 Å². The van der Waals surface area contributed by atoms with E-state index in [9.17, 15) is 18.0 Å². The molecule has 0 saturated carbocycles. The summed E-state index contributed by atoms with van der Waals surface area (Å²) in [4.78, 5) is 11.5. The number of halogens is 3. The molecule has 0 radical (unpaired) electrons. The zero-order chi connectivity index (χ0) is 14.3. The third kappa shape index (κ3) is 5.91. The van der Waals surface area contributed by atoms with Crippen LogP contribution in [0.2, 0.25) is 0 Å². The van der Waals surface area contributed by atoms with Crippen molar-refractivity contribution in [3.8, 4) is 5.75 Å². The van der Waals surface area contributed by atoms with E-state index < -0.39 is 18.0 Å². The molecule has 2 N–H and O–H groups in total. The number of amides is 1. The average Bonchev–Trinajstić information content (AvgIpc) is 2.30. The molecule has 1 aromatic carbocycles. The van der Waals surface area contributed by atoms with Gasteiger partial charge in [0.2, 0.25) is 5.91 Å². The van der Waals surface area contributed by atoms with Gasteiger partial charge < -0.3 is 15.4 Å². The van der Waals surface area contributed by atoms with Gasteiger partial charge in [-0.25, -0.2) is 0 Å². The largest absolute Gasteiger partial charge is 0.573 e. The number of carbonyl (C=O) groups is 1. The van der Waals surface area contributed by atoms with E-state index >= 15 is 0 Å². The van der Waals surface area contributed by atoms with Gasteiger partial charge in [0.15, 0.2) is 5.75 Å². The predicted molar refractivity (Wildman–Crippen MR) is 64.8 cm³/mol. The summed E-state index contributed by atoms with van der Waals surface area (Å²) >= 11 is 0. The second-order valence-corrected chi connectivity index (χ2v) is 3.51. The number of nitrogens with one attached hydrogen (secondary N) is 2. The molecule has 4 nitrogen and oxygen atoms in total. The quantitative estimate of drug-likeness (QED) is 0.618. The zero-order valence-corrected chi connectivity index (χ0v) is 9.96. The van der Waals surface area contributed by atoms with Crippen molar-refractivity contribution in [1.29, 1.82) is 0 Å². The van der Waals surface area contributed by atoms with Gasteiger partial charge in [0.1, 0.15) is 0 Å². The summed E-state index contributed by atoms with van der Waals surface area (Å²) in [6, 6.07) is 5.33. The van der Waals surface area contributed by atoms with E-state index in [-0.39, 0.29) is 12.2 Å². The Morgan fingerprint density at radius 1 is 1.37 bits per heavy atom. The van der Waals surface area contributed by atoms with Crippen molar-refractivity contribution in [2.24, 2.45) is 0 Å². The van der Waals surface area contributed by atoms with Crippen molar-refractivity contribution in [3.63, 3.8) is 0 Å². The highest BCUT2D eigenvalue weighted by Gasteiger charge is 2.32. The first-order chi connectivity index (χ1) is 8.92. The van der Waals surface area contributed by atoms with Gasteiger partial charge >= 0.3 is 6.36 Å². The Bertz CT molecular complexity index is 447. The van der Waals surface area contributed by atoms with Gasteiger partial charge in [-0.05, 0) is 12.1 Å². The molecular formula is C12H13F3N2O2. The van der Waals surface area contributed by atoms with Crippen LogP contribution < -0.4 is 15.4 Å². The third-order valence-corrected chi connectivity index (χ3v) is 1.96. The molecule has 7 heteroatoms. The highest BCUT2D eigenvalue weighted by atomic mass is 19.4. The number of hydrogen-bond donors (Lipinski definition) is 2. The first-order valence-corrected chi connectivity index (χ1v) is 5.38. The lowest BCUT2D eigenvalue weighted by atomic mass is 10.3. The molecule has 0 aliphatic rings. The first-order valence-electron chi connectivity index (χ1n) is 5.38. The molecule has 0 aliphatic heterocycles. The molecule has 1 amide bonds. The molecule has 0 unspecified atom stereocenters. The molecule has 0 heterocycles. The van der Waals surface area contributed by atoms with E-state index in [2.05, 4.69) is 21.9 Å². The van der Waals surface area contributed by atoms with Crippen LogP contribution in [0.1, 0.15) is 0 Å². The van der Waals surface area contributed by atoms with Crippen LogP contribution in [0.4, 0.5) is 18.9 Å². The Balaban J connectivity index is 2.67. The second kappa shape index (κ2) is 6.79. The molecule has 0 aromatic heterocycles. The van der Waals surface area contributed by atoms with Crippen LogP contribution in [0.5, 0.6) is 5.75 Å². The summed E-state index contributed by atoms with van der Waals surface area (Å²) in [5, 5.41) is 5.06. The van der Waals surface area contributed by atoms with E-state index in [4.69, 9.17) is 0 Å². The summed E-state index contributed by atoms with van der Waals surface area (Å²) in [6.45, 7) is 3.85. The van der Waals surface area contributed by atoms with Crippen LogP contribution in [0, 0.1) is 0 Å². The Morgan fingerprint density at radius 2 is 2.05 bits per heavy atom. The molecule has 0 aliphatic carbocycles. The summed E-state index contributed by atoms with van der Waals surface area (Å²) in [5.74, 6) is -0.924. The number of alkyl halides is 3. The Kier molecular flexibility index (Phi) is 5.37. The highest BCUT2D eigenvalue weighted by molar-refractivity contribution is 5.93. The maximum atomic E-state index is 12.1. The average molecular weight is 274 g/mol. The van der Waals surface area contributed by atoms with Crippen molar-refractivity contribution < 1.29 is 22.7 Å². The summed E-state index contributed by atoms with van der Waals surface area (Å²) in [5.41, 5.74) is -0.0368. The molecule has 104 valence electrons. The van der Waals surface area contributed by atoms with Crippen molar-refractivity contribution >= 4 is 11.6 Å². The molecule has 0 atom stereocenters. The van der Waals surface area contributed by atoms with Crippen molar-refractivity contribution in [1.82, 2.24) is 5.32 Å². The number of rotatable bonds is 6. The lowest BCUT2D eigenvalue weighted by molar-refractivity contribution is -0.274. The van der Waals surface area contributed by atoms with Crippen molar-refractivity contribution in [3.05, 3.63) is 36.9 Å². The number of carbonyl (C=O) groups excluding carboxylic acids is 1. The van der Waals surface area contributed by atoms with Crippen LogP contribution in [-0.2, 0) is 4.79 Å². The van der Waals surface area contributed by atoms with Crippen LogP contribution >= 0.6 is 0 Å². The fourth-order valence-electron chi connectivity index (χ4n) is 1.27. The number of para-hydroxylation sites is 2. The van der Waals surface area contributed by atoms with E-state index in [0.29, 0.717) is 6.54 Å². The number of benzene rings is 1. The summed E-state index contributed by atoms with van der Waals surface area (Å²) in [7, 11) is 0. The number of hydrogen-bond acceptors (Lipinski definition) is 3. The molecule has 19 heavy (non-hydrogen) atoms. The minimum atomic E-state index is -4.80. The molecule has 1 rings (SSSR count). The Morgan fingerprint density at radius 3 is 2.68 bits per heavy atom. The molecule has 0 spiro atoms. The number of anilines is 1. The lowest BCUT2D eigenvalue weighted by Crippen LogP contribution is -2.28. The molecule has 0 fully saturated rings. The van der Waals surface area contributed by atoms with Gasteiger partial charge in [-0.2, -0.15) is 0 Å². The van der Waals surface area contributed by atoms with Gasteiger partial charge in [-0.3, -0.25) is 4.79 Å². The maximum Gasteiger partial charge on any atom is 0.573 e. The van der Waals surface area contributed by atoms with Crippen LogP contribution in [0.25, 0.3) is 0 Å². The standard InChI is InChI=1S/C12H13F3N2O2/c1-2-7-16-8-11(18)17-9-5-3-4-6-10(9)19-12(13,14)15/h2-6,16H,1,7-8H2,(H,17,18). The van der Waals surface area contributed by atoms with Crippen molar-refractivity contribution in [2.45, 2.75) is 6.36 Å². The smallest absolute Gasteiger partial charge is 0.404 e. The lowest BCUT2D eigenvalue weighted by Gasteiger charge is -2.13. The van der Waals surface area contributed by atoms with Gasteiger partial charge in [-0.1, -0.05) is 18.2 Å². The predicted octanol–water partition coefficient (Wildman–Crippen LogP) is 2.30. The van der Waals surface area contributed by atoms with Crippen LogP contribution in [0.3, 0.4) is 0 Å². The van der Waals surface area contributed by atoms with Crippen LogP contribution in [0.15, 0.2) is 36.9 Å². The Labute approximate surface area is 108 Å². The minimum Gasteiger partial charge on any atom is -0.404 e. The zero-order valence-electron chi connectivity index (χ0n) is 9.96. The topological polar surface area (TPSA) is 50.4 Å². The first kappa shape index (κ1) is 15.0. The van der Waals surface area contributed by atoms with E-state index in [0.717, 1.165) is 6.07 Å². The maximum absolute atomic E-state index is 12.1. The summed E-state index contributed by atoms with van der Waals surface area (Å²) < 4.78 is 40.3. The third-order valence-electron chi connectivity index (χ3n) is 1.96. The fourth-order valence-corrected chi connectivity index (χ4v) is 1.27. The summed E-state index contributed by atoms with van der Waals surface area (Å²) in [6.07, 6.45) is -3.24. The normalized spacial score (nSPS) is 10.9. The van der Waals surface area contributed by atoms with Gasteiger partial charge in [0, 0.05) is 6.54 Å². The van der Waals surface area contributed by atoms with Crippen molar-refractivity contribution in [2.75, 3.05) is 18.4 Å². The number of ether oxygens (including phenoxy) is 1.